The zero-order valence-electron chi connectivity index (χ0n) is 43.0. The van der Waals surface area contributed by atoms with Crippen molar-refractivity contribution in [1.82, 2.24) is 35.1 Å². The third-order valence-corrected chi connectivity index (χ3v) is 15.6. The number of nitrogens with one attached hydrogen (secondary N) is 1. The van der Waals surface area contributed by atoms with Crippen molar-refractivity contribution in [2.45, 2.75) is 74.0 Å². The van der Waals surface area contributed by atoms with Gasteiger partial charge in [-0.15, -0.1) is 23.5 Å². The number of alkyl carbamates (subject to hydrolysis) is 1. The number of fused-ring (bicyclic) bond motifs is 3. The number of nitrogens with zero attached hydrogens (tertiary/aromatic N) is 6. The minimum absolute atomic E-state index is 0.0873. The van der Waals surface area contributed by atoms with Gasteiger partial charge in [-0.25, -0.2) is 29.5 Å². The van der Waals surface area contributed by atoms with Gasteiger partial charge in [0.25, 0.3) is 0 Å². The molecule has 400 valence electrons. The van der Waals surface area contributed by atoms with E-state index in [1.54, 1.807) is 36.1 Å². The van der Waals surface area contributed by atoms with Crippen LogP contribution in [0.5, 0.6) is 0 Å². The number of carbonyl (C=O) groups excluding carboxylic acids is 1. The van der Waals surface area contributed by atoms with Gasteiger partial charge in [0.1, 0.15) is 37.7 Å². The smallest absolute Gasteiger partial charge is 0.407 e. The molecule has 4 unspecified atom stereocenters. The summed E-state index contributed by atoms with van der Waals surface area (Å²) >= 11 is 3.45. The molecule has 19 nitrogen and oxygen atoms in total. The van der Waals surface area contributed by atoms with Crippen LogP contribution < -0.4 is 11.1 Å². The Morgan fingerprint density at radius 3 is 1.89 bits per heavy atom. The monoisotopic (exact) mass is 1070 g/mol. The Labute approximate surface area is 444 Å². The fourth-order valence-electron chi connectivity index (χ4n) is 8.15. The van der Waals surface area contributed by atoms with Crippen LogP contribution in [0.4, 0.5) is 4.79 Å². The summed E-state index contributed by atoms with van der Waals surface area (Å²) in [5, 5.41) is 32.7. The second-order valence-corrected chi connectivity index (χ2v) is 21.5. The van der Waals surface area contributed by atoms with Crippen LogP contribution in [0, 0.1) is 13.8 Å². The Balaban J connectivity index is 0.000000169. The number of aliphatic carboxylic acids is 1. The van der Waals surface area contributed by atoms with Crippen LogP contribution in [0.25, 0.3) is 34.3 Å². The topological polar surface area (TPSA) is 262 Å². The standard InChI is InChI=1S/C25H23NO5.C16H23N3O3S2.C13H20N4O3/c27-24(28)23(16-30-14-17-8-2-1-3-9-17)26-25(29)31-15-22-20-12-6-4-10-18(20)19-11-5-7-13-21(19)22;1-11-9-21-14(17-11)12-10-22-15(18-12)16(23-7-4-8-24-16)13(20)5-6-19(2)3;1-8-6-19-12(15-8)9-7-20-13(16-9)11(14)10(18)4-5-17(2)3/h1-13,22-23H,14-16H2,(H,26,29)(H,27,28);9-10,13,20H,4-8H2,1-3H3;6-7,10-11,18H,4-5,14H2,1-3H3. The van der Waals surface area contributed by atoms with Crippen molar-refractivity contribution >= 4 is 35.6 Å². The first kappa shape index (κ1) is 56.4. The number of carboxylic acid groups (broad SMARTS) is 1. The summed E-state index contributed by atoms with van der Waals surface area (Å²) in [6, 6.07) is 23.6. The Morgan fingerprint density at radius 2 is 1.32 bits per heavy atom. The van der Waals surface area contributed by atoms with Gasteiger partial charge in [-0.05, 0) is 101 Å². The lowest BCUT2D eigenvalue weighted by atomic mass is 9.98. The maximum Gasteiger partial charge on any atom is 0.407 e. The third-order valence-electron chi connectivity index (χ3n) is 12.1. The zero-order valence-corrected chi connectivity index (χ0v) is 44.6. The quantitative estimate of drug-likeness (QED) is 0.0482. The largest absolute Gasteiger partial charge is 0.480 e. The SMILES string of the molecule is Cc1coc(-c2coc(C(N)C(O)CCN(C)C)n2)n1.Cc1coc(-c2coc(C3(C(O)CCN(C)C)SCCCS3)n2)n1.O=C(NC(COCc1ccccc1)C(=O)O)OCC1c2ccccc2-c2ccccc21. The number of aliphatic hydroxyl groups is 2. The van der Waals surface area contributed by atoms with E-state index in [0.717, 1.165) is 70.2 Å². The maximum atomic E-state index is 12.3. The molecule has 21 heteroatoms. The predicted octanol–water partition coefficient (Wildman–Crippen LogP) is 8.12. The molecule has 2 aliphatic rings. The van der Waals surface area contributed by atoms with Gasteiger partial charge < -0.3 is 63.3 Å². The van der Waals surface area contributed by atoms with Crippen molar-refractivity contribution in [3.8, 4) is 34.3 Å². The highest BCUT2D eigenvalue weighted by Gasteiger charge is 2.47. The molecule has 1 saturated heterocycles. The molecule has 0 radical (unpaired) electrons. The molecule has 3 aromatic carbocycles. The summed E-state index contributed by atoms with van der Waals surface area (Å²) in [5.74, 6) is 2.37. The van der Waals surface area contributed by atoms with Crippen LogP contribution in [-0.2, 0) is 25.0 Å². The van der Waals surface area contributed by atoms with Crippen molar-refractivity contribution < 1.29 is 52.1 Å². The lowest BCUT2D eigenvalue weighted by molar-refractivity contribution is -0.141. The van der Waals surface area contributed by atoms with Crippen LogP contribution in [0.1, 0.15) is 71.1 Å². The van der Waals surface area contributed by atoms with E-state index in [-0.39, 0.29) is 31.6 Å². The van der Waals surface area contributed by atoms with E-state index in [2.05, 4.69) is 42.3 Å². The number of benzene rings is 3. The molecule has 0 spiro atoms. The molecule has 1 aliphatic heterocycles. The first-order chi connectivity index (χ1) is 36.1. The third kappa shape index (κ3) is 15.2. The number of amides is 1. The molecular formula is C54H66N8O11S2. The number of aromatic nitrogens is 4. The van der Waals surface area contributed by atoms with Gasteiger partial charge >= 0.3 is 12.1 Å². The Bertz CT molecular complexity index is 2840. The molecule has 75 heavy (non-hydrogen) atoms. The number of rotatable bonds is 20. The summed E-state index contributed by atoms with van der Waals surface area (Å²) in [4.78, 5) is 45.2. The second-order valence-electron chi connectivity index (χ2n) is 18.6. The van der Waals surface area contributed by atoms with Gasteiger partial charge in [0, 0.05) is 19.0 Å². The van der Waals surface area contributed by atoms with E-state index in [4.69, 9.17) is 32.9 Å². The molecule has 1 aliphatic carbocycles. The van der Waals surface area contributed by atoms with Crippen LogP contribution in [-0.4, -0.2) is 141 Å². The number of aliphatic hydroxyl groups excluding tert-OH is 2. The van der Waals surface area contributed by atoms with Crippen LogP contribution in [0.15, 0.2) is 122 Å². The fraction of sp³-hybridized carbons (Fsp3) is 0.407. The summed E-state index contributed by atoms with van der Waals surface area (Å²) in [6.45, 7) is 5.47. The second kappa shape index (κ2) is 27.0. The van der Waals surface area contributed by atoms with Crippen molar-refractivity contribution in [1.29, 1.82) is 0 Å². The number of hydrogen-bond acceptors (Lipinski definition) is 19. The van der Waals surface area contributed by atoms with Gasteiger partial charge in [-0.1, -0.05) is 78.9 Å². The fourth-order valence-corrected chi connectivity index (χ4v) is 11.4. The van der Waals surface area contributed by atoms with Gasteiger partial charge in [0.05, 0.1) is 36.8 Å². The van der Waals surface area contributed by atoms with Crippen LogP contribution in [0.2, 0.25) is 0 Å². The number of ether oxygens (including phenoxy) is 2. The number of thioether (sulfide) groups is 2. The van der Waals surface area contributed by atoms with Gasteiger partial charge in [0.15, 0.2) is 21.5 Å². The van der Waals surface area contributed by atoms with E-state index in [1.165, 1.54) is 12.5 Å². The van der Waals surface area contributed by atoms with Crippen molar-refractivity contribution in [3.05, 3.63) is 144 Å². The Kier molecular flexibility index (Phi) is 20.3. The maximum absolute atomic E-state index is 12.3. The molecule has 0 bridgehead atoms. The van der Waals surface area contributed by atoms with Gasteiger partial charge in [-0.2, -0.15) is 0 Å². The van der Waals surface area contributed by atoms with Crippen molar-refractivity contribution in [2.75, 3.05) is 66.0 Å². The summed E-state index contributed by atoms with van der Waals surface area (Å²) in [6.07, 6.45) is 6.44. The van der Waals surface area contributed by atoms with Crippen molar-refractivity contribution in [3.63, 3.8) is 0 Å². The zero-order chi connectivity index (χ0) is 53.5. The molecule has 1 fully saturated rings. The number of oxazole rings is 4. The van der Waals surface area contributed by atoms with E-state index in [0.29, 0.717) is 41.9 Å². The average molecular weight is 1070 g/mol. The lowest BCUT2D eigenvalue weighted by Gasteiger charge is -2.37. The molecule has 7 aromatic rings. The number of hydrogen-bond donors (Lipinski definition) is 5. The highest BCUT2D eigenvalue weighted by Crippen LogP contribution is 2.53. The summed E-state index contributed by atoms with van der Waals surface area (Å²) in [7, 11) is 7.89. The molecule has 4 atom stereocenters. The van der Waals surface area contributed by atoms with Crippen LogP contribution >= 0.6 is 23.5 Å². The predicted molar refractivity (Wildman–Crippen MR) is 286 cm³/mol. The first-order valence-corrected chi connectivity index (χ1v) is 26.5. The molecule has 9 rings (SSSR count). The van der Waals surface area contributed by atoms with Gasteiger partial charge in [0.2, 0.25) is 23.6 Å². The summed E-state index contributed by atoms with van der Waals surface area (Å²) < 4.78 is 32.0. The number of carbonyl (C=O) groups is 2. The normalized spacial score (nSPS) is 15.4. The number of carboxylic acids is 1. The number of nitrogens with two attached hydrogens (primary N) is 1. The highest BCUT2D eigenvalue weighted by atomic mass is 32.2. The van der Waals surface area contributed by atoms with E-state index >= 15 is 0 Å². The van der Waals surface area contributed by atoms with Gasteiger partial charge in [-0.3, -0.25) is 0 Å². The molecule has 0 saturated carbocycles. The molecule has 1 amide bonds. The molecular weight excluding hydrogens is 1000 g/mol. The Morgan fingerprint density at radius 1 is 0.760 bits per heavy atom. The van der Waals surface area contributed by atoms with E-state index < -0.39 is 40.4 Å². The summed E-state index contributed by atoms with van der Waals surface area (Å²) in [5.41, 5.74) is 13.9. The first-order valence-electron chi connectivity index (χ1n) is 24.5. The molecule has 6 N–H and O–H groups in total. The highest BCUT2D eigenvalue weighted by molar-refractivity contribution is 8.18. The van der Waals surface area contributed by atoms with E-state index in [9.17, 15) is 24.9 Å². The minimum Gasteiger partial charge on any atom is -0.480 e. The minimum atomic E-state index is -1.20. The Hall–Kier alpha value is -6.30. The van der Waals surface area contributed by atoms with Crippen molar-refractivity contribution in [2.24, 2.45) is 5.73 Å². The molecule has 5 heterocycles. The van der Waals surface area contributed by atoms with E-state index in [1.807, 2.05) is 114 Å². The number of aryl methyl sites for hydroxylation is 2. The average Bonchev–Trinajstić information content (AvgIpc) is 4.29. The molecule has 4 aromatic heterocycles. The van der Waals surface area contributed by atoms with Crippen LogP contribution in [0.3, 0.4) is 0 Å². The lowest BCUT2D eigenvalue weighted by Crippen LogP contribution is -2.44.